The first-order chi connectivity index (χ1) is 22.2. The molecule has 9 heteroatoms. The Bertz CT molecular complexity index is 1560. The minimum absolute atomic E-state index is 0.100. The van der Waals surface area contributed by atoms with E-state index in [9.17, 15) is 19.5 Å². The molecule has 6 rings (SSSR count). The average Bonchev–Trinajstić information content (AvgIpc) is 3.59. The summed E-state index contributed by atoms with van der Waals surface area (Å²) in [5, 5.41) is 16.9. The number of carbonyl (C=O) groups excluding carboxylic acids is 3. The molecule has 3 saturated heterocycles. The van der Waals surface area contributed by atoms with Crippen LogP contribution in [0.1, 0.15) is 51.3 Å². The van der Waals surface area contributed by atoms with E-state index in [1.54, 1.807) is 0 Å². The summed E-state index contributed by atoms with van der Waals surface area (Å²) in [4.78, 5) is 47.0. The molecule has 3 unspecified atom stereocenters. The summed E-state index contributed by atoms with van der Waals surface area (Å²) < 4.78 is 6.88. The number of rotatable bonds is 11. The fourth-order valence-electron chi connectivity index (χ4n) is 8.19. The number of likely N-dealkylation sites (tertiary alicyclic amines) is 1. The van der Waals surface area contributed by atoms with Gasteiger partial charge in [0.1, 0.15) is 11.6 Å². The van der Waals surface area contributed by atoms with Crippen LogP contribution in [0, 0.1) is 17.8 Å². The standard InChI is InChI=1S/C37H44N4O5/c1-5-40(6-2)28-19-17-27(18-20-28)39-34(44)32-37-21-24(3)36(4,46-37)30(33(43)38-22-25-13-9-7-10-14-25)31(37)35(45)41(32)29(23-42)26-15-11-8-12-16-26/h7-20,24,29-32,42H,5-6,21-23H2,1-4H3,(H,38,43)(H,39,44)/t24?,29-,30+,31+,32?,36-,37?/m1/s1. The van der Waals surface area contributed by atoms with Crippen molar-refractivity contribution in [3.8, 4) is 0 Å². The van der Waals surface area contributed by atoms with Crippen LogP contribution >= 0.6 is 0 Å². The van der Waals surface area contributed by atoms with Crippen molar-refractivity contribution in [1.82, 2.24) is 10.2 Å². The van der Waals surface area contributed by atoms with Crippen molar-refractivity contribution in [2.45, 2.75) is 63.9 Å². The number of hydrogen-bond donors (Lipinski definition) is 3. The van der Waals surface area contributed by atoms with Crippen molar-refractivity contribution in [1.29, 1.82) is 0 Å². The summed E-state index contributed by atoms with van der Waals surface area (Å²) in [7, 11) is 0. The highest BCUT2D eigenvalue weighted by atomic mass is 16.5. The molecule has 9 nitrogen and oxygen atoms in total. The SMILES string of the molecule is CCN(CC)c1ccc(NC(=O)C2N([C@H](CO)c3ccccc3)C(=O)[C@@H]3[C@@H](C(=O)NCc4ccccc4)[C@]4(C)OC23CC4C)cc1. The van der Waals surface area contributed by atoms with Gasteiger partial charge in [0.15, 0.2) is 0 Å². The van der Waals surface area contributed by atoms with Gasteiger partial charge in [-0.2, -0.15) is 0 Å². The van der Waals surface area contributed by atoms with Crippen molar-refractivity contribution in [2.24, 2.45) is 17.8 Å². The number of carbonyl (C=O) groups is 3. The van der Waals surface area contributed by atoms with Crippen LogP contribution in [0.4, 0.5) is 11.4 Å². The summed E-state index contributed by atoms with van der Waals surface area (Å²) in [6.45, 7) is 9.76. The molecule has 3 N–H and O–H groups in total. The number of nitrogens with one attached hydrogen (secondary N) is 2. The molecule has 46 heavy (non-hydrogen) atoms. The van der Waals surface area contributed by atoms with E-state index in [0.717, 1.165) is 24.3 Å². The van der Waals surface area contributed by atoms with Crippen molar-refractivity contribution >= 4 is 29.1 Å². The van der Waals surface area contributed by atoms with Crippen LogP contribution in [0.3, 0.4) is 0 Å². The molecule has 3 amide bonds. The lowest BCUT2D eigenvalue weighted by Crippen LogP contribution is -2.55. The largest absolute Gasteiger partial charge is 0.394 e. The summed E-state index contributed by atoms with van der Waals surface area (Å²) >= 11 is 0. The Hall–Kier alpha value is -4.21. The Morgan fingerprint density at radius 3 is 2.22 bits per heavy atom. The van der Waals surface area contributed by atoms with Crippen molar-refractivity contribution in [3.05, 3.63) is 96.1 Å². The van der Waals surface area contributed by atoms with Gasteiger partial charge in [0.05, 0.1) is 30.1 Å². The smallest absolute Gasteiger partial charge is 0.250 e. The monoisotopic (exact) mass is 624 g/mol. The third kappa shape index (κ3) is 5.15. The third-order valence-corrected chi connectivity index (χ3v) is 10.5. The van der Waals surface area contributed by atoms with Crippen molar-refractivity contribution < 1.29 is 24.2 Å². The predicted molar refractivity (Wildman–Crippen MR) is 177 cm³/mol. The second-order valence-corrected chi connectivity index (χ2v) is 13.0. The molecular formula is C37H44N4O5. The molecule has 3 heterocycles. The second-order valence-electron chi connectivity index (χ2n) is 13.0. The molecule has 0 saturated carbocycles. The van der Waals surface area contributed by atoms with E-state index in [0.29, 0.717) is 24.2 Å². The lowest BCUT2D eigenvalue weighted by Gasteiger charge is -2.37. The Balaban J connectivity index is 1.38. The lowest BCUT2D eigenvalue weighted by atomic mass is 9.62. The van der Waals surface area contributed by atoms with Crippen molar-refractivity contribution in [2.75, 3.05) is 29.9 Å². The molecule has 3 aliphatic rings. The first-order valence-corrected chi connectivity index (χ1v) is 16.3. The number of anilines is 2. The molecule has 0 aliphatic carbocycles. The average molecular weight is 625 g/mol. The van der Waals surface area contributed by atoms with Crippen molar-refractivity contribution in [3.63, 3.8) is 0 Å². The quantitative estimate of drug-likeness (QED) is 0.289. The van der Waals surface area contributed by atoms with E-state index in [-0.39, 0.29) is 17.7 Å². The van der Waals surface area contributed by atoms with Crippen LogP contribution in [0.25, 0.3) is 0 Å². The molecule has 7 atom stereocenters. The fraction of sp³-hybridized carbons (Fsp3) is 0.432. The second kappa shape index (κ2) is 12.5. The van der Waals surface area contributed by atoms with Crippen LogP contribution < -0.4 is 15.5 Å². The van der Waals surface area contributed by atoms with Gasteiger partial charge in [-0.1, -0.05) is 67.6 Å². The Labute approximate surface area is 270 Å². The fourth-order valence-corrected chi connectivity index (χ4v) is 8.19. The normalized spacial score (nSPS) is 28.5. The molecule has 3 aliphatic heterocycles. The minimum Gasteiger partial charge on any atom is -0.394 e. The number of nitrogens with zero attached hydrogens (tertiary/aromatic N) is 2. The lowest BCUT2D eigenvalue weighted by molar-refractivity contribution is -0.149. The number of aliphatic hydroxyl groups is 1. The number of amides is 3. The summed E-state index contributed by atoms with van der Waals surface area (Å²) in [6, 6.07) is 24.6. The van der Waals surface area contributed by atoms with E-state index in [1.165, 1.54) is 4.90 Å². The maximum atomic E-state index is 14.7. The van der Waals surface area contributed by atoms with Gasteiger partial charge in [-0.25, -0.2) is 0 Å². The molecule has 3 aromatic carbocycles. The van der Waals surface area contributed by atoms with Gasteiger partial charge in [-0.05, 0) is 68.5 Å². The number of aliphatic hydroxyl groups excluding tert-OH is 1. The van der Waals surface area contributed by atoms with Crippen LogP contribution in [0.15, 0.2) is 84.9 Å². The number of benzene rings is 3. The zero-order valence-electron chi connectivity index (χ0n) is 27.0. The number of ether oxygens (including phenoxy) is 1. The summed E-state index contributed by atoms with van der Waals surface area (Å²) in [5.74, 6) is -2.82. The molecule has 3 fully saturated rings. The van der Waals surface area contributed by atoms with Crippen LogP contribution in [-0.2, 0) is 25.7 Å². The molecule has 2 bridgehead atoms. The van der Waals surface area contributed by atoms with E-state index in [1.807, 2.05) is 98.8 Å². The van der Waals surface area contributed by atoms with Crippen LogP contribution in [0.5, 0.6) is 0 Å². The number of hydrogen-bond acceptors (Lipinski definition) is 6. The minimum atomic E-state index is -1.24. The van der Waals surface area contributed by atoms with Crippen LogP contribution in [-0.4, -0.2) is 64.7 Å². The van der Waals surface area contributed by atoms with E-state index >= 15 is 0 Å². The van der Waals surface area contributed by atoms with Gasteiger partial charge in [-0.3, -0.25) is 14.4 Å². The number of fused-ring (bicyclic) bond motifs is 1. The first-order valence-electron chi connectivity index (χ1n) is 16.3. The molecule has 3 aromatic rings. The Kier molecular flexibility index (Phi) is 8.65. The predicted octanol–water partition coefficient (Wildman–Crippen LogP) is 4.53. The Morgan fingerprint density at radius 1 is 0.978 bits per heavy atom. The highest BCUT2D eigenvalue weighted by molar-refractivity contribution is 6.04. The summed E-state index contributed by atoms with van der Waals surface area (Å²) in [6.07, 6.45) is 0.435. The maximum Gasteiger partial charge on any atom is 0.250 e. The van der Waals surface area contributed by atoms with Gasteiger partial charge < -0.3 is 30.3 Å². The van der Waals surface area contributed by atoms with Gasteiger partial charge >= 0.3 is 0 Å². The highest BCUT2D eigenvalue weighted by Crippen LogP contribution is 2.66. The molecule has 1 spiro atoms. The van der Waals surface area contributed by atoms with Crippen LogP contribution in [0.2, 0.25) is 0 Å². The van der Waals surface area contributed by atoms with Gasteiger partial charge in [0, 0.05) is 31.0 Å². The maximum absolute atomic E-state index is 14.7. The molecule has 0 aromatic heterocycles. The molecular weight excluding hydrogens is 580 g/mol. The van der Waals surface area contributed by atoms with E-state index in [4.69, 9.17) is 4.74 Å². The van der Waals surface area contributed by atoms with Gasteiger partial charge in [-0.15, -0.1) is 0 Å². The Morgan fingerprint density at radius 2 is 1.61 bits per heavy atom. The summed E-state index contributed by atoms with van der Waals surface area (Å²) in [5.41, 5.74) is 1.10. The van der Waals surface area contributed by atoms with Gasteiger partial charge in [0.25, 0.3) is 0 Å². The zero-order valence-corrected chi connectivity index (χ0v) is 27.0. The van der Waals surface area contributed by atoms with E-state index in [2.05, 4.69) is 29.4 Å². The topological polar surface area (TPSA) is 111 Å². The highest BCUT2D eigenvalue weighted by Gasteiger charge is 2.80. The van der Waals surface area contributed by atoms with Gasteiger partial charge in [0.2, 0.25) is 17.7 Å². The zero-order chi connectivity index (χ0) is 32.6. The first kappa shape index (κ1) is 31.8. The third-order valence-electron chi connectivity index (χ3n) is 10.5. The van der Waals surface area contributed by atoms with E-state index < -0.39 is 47.6 Å². The molecule has 242 valence electrons. The molecule has 0 radical (unpaired) electrons.